The number of carbonyl (C=O) groups excluding carboxylic acids is 2. The van der Waals surface area contributed by atoms with Gasteiger partial charge in [-0.1, -0.05) is 20.8 Å². The van der Waals surface area contributed by atoms with Crippen molar-refractivity contribution in [2.24, 2.45) is 5.41 Å². The topological polar surface area (TPSA) is 65.8 Å². The van der Waals surface area contributed by atoms with Crippen LogP contribution in [0.25, 0.3) is 0 Å². The minimum absolute atomic E-state index is 0.00435. The standard InChI is InChI=1S/C20H25N3O3/c1-20(2,3)19(25)21-15-6-8-16(9-7-15)22-10-12-23(13-11-22)18(24)17-5-4-14-26-17/h4-9,14H,10-13H2,1-3H3,(H,21,25). The summed E-state index contributed by atoms with van der Waals surface area (Å²) in [5.74, 6) is 0.322. The van der Waals surface area contributed by atoms with Crippen LogP contribution in [0.2, 0.25) is 0 Å². The SMILES string of the molecule is CC(C)(C)C(=O)Nc1ccc(N2CCN(C(=O)c3ccco3)CC2)cc1. The Labute approximate surface area is 153 Å². The number of amides is 2. The van der Waals surface area contributed by atoms with Crippen LogP contribution in [-0.2, 0) is 4.79 Å². The summed E-state index contributed by atoms with van der Waals surface area (Å²) >= 11 is 0. The van der Waals surface area contributed by atoms with E-state index in [9.17, 15) is 9.59 Å². The molecule has 0 aliphatic carbocycles. The summed E-state index contributed by atoms with van der Waals surface area (Å²) < 4.78 is 5.19. The predicted molar refractivity (Wildman–Crippen MR) is 101 cm³/mol. The molecular weight excluding hydrogens is 330 g/mol. The van der Waals surface area contributed by atoms with Gasteiger partial charge < -0.3 is 19.5 Å². The summed E-state index contributed by atoms with van der Waals surface area (Å²) in [4.78, 5) is 28.4. The van der Waals surface area contributed by atoms with E-state index >= 15 is 0 Å². The first-order chi connectivity index (χ1) is 12.3. The van der Waals surface area contributed by atoms with Gasteiger partial charge in [-0.05, 0) is 36.4 Å². The molecule has 1 fully saturated rings. The Morgan fingerprint density at radius 2 is 1.65 bits per heavy atom. The van der Waals surface area contributed by atoms with Crippen molar-refractivity contribution in [3.63, 3.8) is 0 Å². The lowest BCUT2D eigenvalue weighted by Crippen LogP contribution is -2.48. The fraction of sp³-hybridized carbons (Fsp3) is 0.400. The molecule has 0 atom stereocenters. The van der Waals surface area contributed by atoms with Gasteiger partial charge in [0.15, 0.2) is 5.76 Å². The maximum Gasteiger partial charge on any atom is 0.289 e. The van der Waals surface area contributed by atoms with Gasteiger partial charge in [0.2, 0.25) is 5.91 Å². The van der Waals surface area contributed by atoms with Crippen LogP contribution in [0.15, 0.2) is 47.1 Å². The van der Waals surface area contributed by atoms with Crippen LogP contribution in [0.4, 0.5) is 11.4 Å². The number of anilines is 2. The highest BCUT2D eigenvalue weighted by Crippen LogP contribution is 2.22. The van der Waals surface area contributed by atoms with Crippen LogP contribution in [0, 0.1) is 5.41 Å². The fourth-order valence-electron chi connectivity index (χ4n) is 2.80. The number of hydrogen-bond donors (Lipinski definition) is 1. The zero-order valence-electron chi connectivity index (χ0n) is 15.5. The van der Waals surface area contributed by atoms with E-state index in [1.165, 1.54) is 6.26 Å². The minimum atomic E-state index is -0.421. The molecule has 1 aliphatic heterocycles. The first kappa shape index (κ1) is 18.0. The van der Waals surface area contributed by atoms with Crippen LogP contribution in [0.3, 0.4) is 0 Å². The van der Waals surface area contributed by atoms with Crippen LogP contribution in [0.5, 0.6) is 0 Å². The lowest BCUT2D eigenvalue weighted by atomic mass is 9.95. The van der Waals surface area contributed by atoms with E-state index in [2.05, 4.69) is 10.2 Å². The first-order valence-corrected chi connectivity index (χ1v) is 8.84. The molecule has 6 heteroatoms. The molecule has 1 aliphatic rings. The van der Waals surface area contributed by atoms with Crippen LogP contribution in [0.1, 0.15) is 31.3 Å². The Balaban J connectivity index is 1.56. The van der Waals surface area contributed by atoms with Crippen molar-refractivity contribution < 1.29 is 14.0 Å². The van der Waals surface area contributed by atoms with Crippen molar-refractivity contribution in [1.82, 2.24) is 4.90 Å². The van der Waals surface area contributed by atoms with Crippen molar-refractivity contribution in [2.45, 2.75) is 20.8 Å². The summed E-state index contributed by atoms with van der Waals surface area (Å²) in [7, 11) is 0. The fourth-order valence-corrected chi connectivity index (χ4v) is 2.80. The van der Waals surface area contributed by atoms with Gasteiger partial charge in [-0.15, -0.1) is 0 Å². The molecule has 6 nitrogen and oxygen atoms in total. The smallest absolute Gasteiger partial charge is 0.289 e. The van der Waals surface area contributed by atoms with Crippen LogP contribution >= 0.6 is 0 Å². The van der Waals surface area contributed by atoms with Crippen LogP contribution < -0.4 is 10.2 Å². The Morgan fingerprint density at radius 1 is 1.00 bits per heavy atom. The number of benzene rings is 1. The monoisotopic (exact) mass is 355 g/mol. The van der Waals surface area contributed by atoms with E-state index in [-0.39, 0.29) is 11.8 Å². The van der Waals surface area contributed by atoms with Crippen molar-refractivity contribution in [3.05, 3.63) is 48.4 Å². The highest BCUT2D eigenvalue weighted by molar-refractivity contribution is 5.94. The molecule has 26 heavy (non-hydrogen) atoms. The number of carbonyl (C=O) groups is 2. The molecule has 3 rings (SSSR count). The molecule has 0 radical (unpaired) electrons. The van der Waals surface area contributed by atoms with E-state index in [1.807, 2.05) is 49.9 Å². The second-order valence-electron chi connectivity index (χ2n) is 7.51. The third-order valence-corrected chi connectivity index (χ3v) is 4.47. The molecule has 0 saturated carbocycles. The molecule has 1 aromatic heterocycles. The summed E-state index contributed by atoms with van der Waals surface area (Å²) in [5, 5.41) is 2.93. The van der Waals surface area contributed by atoms with Gasteiger partial charge in [-0.2, -0.15) is 0 Å². The normalized spacial score (nSPS) is 15.0. The predicted octanol–water partition coefficient (Wildman–Crippen LogP) is 3.23. The number of rotatable bonds is 3. The van der Waals surface area contributed by atoms with E-state index in [1.54, 1.807) is 12.1 Å². The molecule has 0 spiro atoms. The molecule has 1 N–H and O–H groups in total. The molecule has 1 aromatic carbocycles. The average molecular weight is 355 g/mol. The summed E-state index contributed by atoms with van der Waals surface area (Å²) in [6.45, 7) is 8.50. The molecule has 0 unspecified atom stereocenters. The minimum Gasteiger partial charge on any atom is -0.459 e. The number of nitrogens with one attached hydrogen (secondary N) is 1. The van der Waals surface area contributed by atoms with Crippen molar-refractivity contribution >= 4 is 23.2 Å². The Bertz CT molecular complexity index is 753. The largest absolute Gasteiger partial charge is 0.459 e. The van der Waals surface area contributed by atoms with Gasteiger partial charge in [0.1, 0.15) is 0 Å². The molecule has 0 bridgehead atoms. The number of piperazine rings is 1. The van der Waals surface area contributed by atoms with Gasteiger partial charge in [-0.25, -0.2) is 0 Å². The van der Waals surface area contributed by atoms with E-state index in [0.29, 0.717) is 18.8 Å². The molecule has 2 aromatic rings. The zero-order valence-corrected chi connectivity index (χ0v) is 15.5. The summed E-state index contributed by atoms with van der Waals surface area (Å²) in [5.41, 5.74) is 1.46. The van der Waals surface area contributed by atoms with Crippen molar-refractivity contribution in [2.75, 3.05) is 36.4 Å². The average Bonchev–Trinajstić information content (AvgIpc) is 3.16. The summed E-state index contributed by atoms with van der Waals surface area (Å²) in [6.07, 6.45) is 1.52. The lowest BCUT2D eigenvalue weighted by molar-refractivity contribution is -0.123. The van der Waals surface area contributed by atoms with E-state index < -0.39 is 5.41 Å². The van der Waals surface area contributed by atoms with Gasteiger partial charge >= 0.3 is 0 Å². The first-order valence-electron chi connectivity index (χ1n) is 8.84. The van der Waals surface area contributed by atoms with Crippen molar-refractivity contribution in [3.8, 4) is 0 Å². The third kappa shape index (κ3) is 4.07. The maximum absolute atomic E-state index is 12.3. The third-order valence-electron chi connectivity index (χ3n) is 4.47. The van der Waals surface area contributed by atoms with E-state index in [0.717, 1.165) is 24.5 Å². The second-order valence-corrected chi connectivity index (χ2v) is 7.51. The highest BCUT2D eigenvalue weighted by atomic mass is 16.3. The Morgan fingerprint density at radius 3 is 2.19 bits per heavy atom. The molecule has 2 amide bonds. The number of furan rings is 1. The van der Waals surface area contributed by atoms with E-state index in [4.69, 9.17) is 4.42 Å². The second kappa shape index (κ2) is 7.23. The molecular formula is C20H25N3O3. The van der Waals surface area contributed by atoms with Crippen LogP contribution in [-0.4, -0.2) is 42.9 Å². The number of hydrogen-bond acceptors (Lipinski definition) is 4. The van der Waals surface area contributed by atoms with Gasteiger partial charge in [0, 0.05) is 43.0 Å². The molecule has 1 saturated heterocycles. The summed E-state index contributed by atoms with van der Waals surface area (Å²) in [6, 6.07) is 11.3. The highest BCUT2D eigenvalue weighted by Gasteiger charge is 2.24. The van der Waals surface area contributed by atoms with Crippen molar-refractivity contribution in [1.29, 1.82) is 0 Å². The molecule has 2 heterocycles. The number of nitrogens with zero attached hydrogens (tertiary/aromatic N) is 2. The quantitative estimate of drug-likeness (QED) is 0.918. The van der Waals surface area contributed by atoms with Gasteiger partial charge in [0.25, 0.3) is 5.91 Å². The van der Waals surface area contributed by atoms with Gasteiger partial charge in [0.05, 0.1) is 6.26 Å². The zero-order chi connectivity index (χ0) is 18.7. The maximum atomic E-state index is 12.3. The lowest BCUT2D eigenvalue weighted by Gasteiger charge is -2.35. The Kier molecular flexibility index (Phi) is 5.02. The van der Waals surface area contributed by atoms with Gasteiger partial charge in [-0.3, -0.25) is 9.59 Å². The Hall–Kier alpha value is -2.76. The molecule has 138 valence electrons.